The standard InChI is InChI=1S/C24H30N4O4S/c1-15-5-3-6-18(16(15)2)23(31)27-24-26-19-13-17(14-20(29)21(19)33-24)22(30)25-7-4-8-28-9-11-32-12-10-28/h3,5-6,17H,4,7-14H2,1-2H3,(H,25,30)(H,26,27,31)/t17-/m1/s1. The molecule has 1 aromatic heterocycles. The molecule has 1 atom stereocenters. The summed E-state index contributed by atoms with van der Waals surface area (Å²) >= 11 is 1.19. The second-order valence-electron chi connectivity index (χ2n) is 8.62. The van der Waals surface area contributed by atoms with Crippen molar-refractivity contribution in [3.8, 4) is 0 Å². The van der Waals surface area contributed by atoms with E-state index >= 15 is 0 Å². The number of hydrogen-bond acceptors (Lipinski definition) is 7. The largest absolute Gasteiger partial charge is 0.379 e. The fraction of sp³-hybridized carbons (Fsp3) is 0.500. The molecule has 0 unspecified atom stereocenters. The minimum absolute atomic E-state index is 0.0885. The highest BCUT2D eigenvalue weighted by atomic mass is 32.1. The van der Waals surface area contributed by atoms with Crippen LogP contribution in [0, 0.1) is 19.8 Å². The Balaban J connectivity index is 1.32. The van der Waals surface area contributed by atoms with Crippen molar-refractivity contribution in [1.29, 1.82) is 0 Å². The van der Waals surface area contributed by atoms with Crippen molar-refractivity contribution < 1.29 is 19.1 Å². The molecule has 2 heterocycles. The van der Waals surface area contributed by atoms with Gasteiger partial charge in [0.15, 0.2) is 10.9 Å². The first-order valence-corrected chi connectivity index (χ1v) is 12.2. The van der Waals surface area contributed by atoms with Gasteiger partial charge in [0.05, 0.1) is 29.7 Å². The predicted octanol–water partition coefficient (Wildman–Crippen LogP) is 2.60. The molecule has 33 heavy (non-hydrogen) atoms. The molecule has 0 saturated carbocycles. The van der Waals surface area contributed by atoms with Crippen LogP contribution >= 0.6 is 11.3 Å². The lowest BCUT2D eigenvalue weighted by Gasteiger charge is -2.26. The number of ketones is 1. The zero-order chi connectivity index (χ0) is 23.4. The molecule has 2 aliphatic rings. The van der Waals surface area contributed by atoms with E-state index in [2.05, 4.69) is 20.5 Å². The summed E-state index contributed by atoms with van der Waals surface area (Å²) in [5.74, 6) is -0.859. The molecule has 1 aromatic carbocycles. The highest BCUT2D eigenvalue weighted by molar-refractivity contribution is 7.17. The average Bonchev–Trinajstić information content (AvgIpc) is 3.22. The molecule has 2 amide bonds. The Bertz CT molecular complexity index is 1050. The molecule has 0 bridgehead atoms. The summed E-state index contributed by atoms with van der Waals surface area (Å²) in [7, 11) is 0. The Morgan fingerprint density at radius 3 is 2.79 bits per heavy atom. The number of carbonyl (C=O) groups excluding carboxylic acids is 3. The van der Waals surface area contributed by atoms with Crippen molar-refractivity contribution >= 4 is 34.1 Å². The van der Waals surface area contributed by atoms with Crippen LogP contribution in [0.2, 0.25) is 0 Å². The third kappa shape index (κ3) is 5.66. The maximum atomic E-state index is 12.7. The average molecular weight is 471 g/mol. The molecule has 1 saturated heterocycles. The number of Topliss-reactive ketones (excluding diaryl/α,β-unsaturated/α-hetero) is 1. The minimum Gasteiger partial charge on any atom is -0.379 e. The van der Waals surface area contributed by atoms with E-state index in [9.17, 15) is 14.4 Å². The number of nitrogens with zero attached hydrogens (tertiary/aromatic N) is 2. The highest BCUT2D eigenvalue weighted by Gasteiger charge is 2.33. The summed E-state index contributed by atoms with van der Waals surface area (Å²) < 4.78 is 5.35. The van der Waals surface area contributed by atoms with Crippen LogP contribution in [0.5, 0.6) is 0 Å². The van der Waals surface area contributed by atoms with Gasteiger partial charge in [-0.05, 0) is 44.0 Å². The van der Waals surface area contributed by atoms with E-state index < -0.39 is 5.92 Å². The number of aromatic nitrogens is 1. The van der Waals surface area contributed by atoms with Crippen molar-refractivity contribution in [2.45, 2.75) is 33.1 Å². The monoisotopic (exact) mass is 470 g/mol. The lowest BCUT2D eigenvalue weighted by atomic mass is 9.89. The number of aryl methyl sites for hydroxylation is 1. The van der Waals surface area contributed by atoms with Gasteiger partial charge in [-0.1, -0.05) is 23.5 Å². The van der Waals surface area contributed by atoms with Crippen LogP contribution in [-0.2, 0) is 16.0 Å². The number of fused-ring (bicyclic) bond motifs is 1. The summed E-state index contributed by atoms with van der Waals surface area (Å²) in [6, 6.07) is 5.58. The van der Waals surface area contributed by atoms with E-state index in [1.165, 1.54) is 11.3 Å². The molecule has 2 N–H and O–H groups in total. The first-order chi connectivity index (χ1) is 15.9. The molecule has 1 aliphatic heterocycles. The van der Waals surface area contributed by atoms with Gasteiger partial charge in [-0.25, -0.2) is 4.98 Å². The van der Waals surface area contributed by atoms with E-state index in [0.29, 0.717) is 34.2 Å². The molecule has 1 aliphatic carbocycles. The van der Waals surface area contributed by atoms with Crippen molar-refractivity contribution in [3.63, 3.8) is 0 Å². The van der Waals surface area contributed by atoms with Crippen LogP contribution in [0.4, 0.5) is 5.13 Å². The van der Waals surface area contributed by atoms with E-state index in [0.717, 1.165) is 50.4 Å². The summed E-state index contributed by atoms with van der Waals surface area (Å²) in [4.78, 5) is 45.4. The molecule has 9 heteroatoms. The van der Waals surface area contributed by atoms with Gasteiger partial charge in [0.25, 0.3) is 5.91 Å². The number of amides is 2. The number of thiazole rings is 1. The quantitative estimate of drug-likeness (QED) is 0.604. The van der Waals surface area contributed by atoms with Gasteiger partial charge < -0.3 is 10.1 Å². The van der Waals surface area contributed by atoms with Crippen LogP contribution in [-0.4, -0.2) is 66.9 Å². The normalized spacial score (nSPS) is 18.6. The van der Waals surface area contributed by atoms with Gasteiger partial charge in [-0.2, -0.15) is 0 Å². The second-order valence-corrected chi connectivity index (χ2v) is 9.62. The van der Waals surface area contributed by atoms with Gasteiger partial charge in [0.1, 0.15) is 0 Å². The molecule has 0 spiro atoms. The topological polar surface area (TPSA) is 101 Å². The SMILES string of the molecule is Cc1cccc(C(=O)Nc2nc3c(s2)C(=O)C[C@H](C(=O)NCCCN2CCOCC2)C3)c1C. The maximum absolute atomic E-state index is 12.7. The molecule has 176 valence electrons. The molecule has 0 radical (unpaired) electrons. The highest BCUT2D eigenvalue weighted by Crippen LogP contribution is 2.32. The minimum atomic E-state index is -0.418. The Hall–Kier alpha value is -2.62. The predicted molar refractivity (Wildman–Crippen MR) is 127 cm³/mol. The van der Waals surface area contributed by atoms with Gasteiger partial charge >= 0.3 is 0 Å². The summed E-state index contributed by atoms with van der Waals surface area (Å²) in [5, 5.41) is 6.19. The van der Waals surface area contributed by atoms with Crippen molar-refractivity contribution in [2.75, 3.05) is 44.7 Å². The van der Waals surface area contributed by atoms with Gasteiger partial charge in [0, 0.05) is 38.0 Å². The molecule has 1 fully saturated rings. The molecular weight excluding hydrogens is 440 g/mol. The number of ether oxygens (including phenoxy) is 1. The zero-order valence-electron chi connectivity index (χ0n) is 19.1. The van der Waals surface area contributed by atoms with Crippen molar-refractivity contribution in [2.24, 2.45) is 5.92 Å². The van der Waals surface area contributed by atoms with E-state index in [1.807, 2.05) is 26.0 Å². The Labute approximate surface area is 197 Å². The van der Waals surface area contributed by atoms with E-state index in [-0.39, 0.29) is 24.0 Å². The van der Waals surface area contributed by atoms with Crippen LogP contribution in [0.25, 0.3) is 0 Å². The fourth-order valence-electron chi connectivity index (χ4n) is 4.21. The number of anilines is 1. The lowest BCUT2D eigenvalue weighted by molar-refractivity contribution is -0.125. The van der Waals surface area contributed by atoms with E-state index in [1.54, 1.807) is 6.07 Å². The Morgan fingerprint density at radius 1 is 1.21 bits per heavy atom. The van der Waals surface area contributed by atoms with Crippen molar-refractivity contribution in [3.05, 3.63) is 45.5 Å². The second kappa shape index (κ2) is 10.5. The molecular formula is C24H30N4O4S. The van der Waals surface area contributed by atoms with E-state index in [4.69, 9.17) is 4.74 Å². The number of nitrogens with one attached hydrogen (secondary N) is 2. The summed E-state index contributed by atoms with van der Waals surface area (Å²) in [6.45, 7) is 8.76. The van der Waals surface area contributed by atoms with Crippen LogP contribution in [0.1, 0.15) is 49.7 Å². The van der Waals surface area contributed by atoms with Crippen molar-refractivity contribution in [1.82, 2.24) is 15.2 Å². The number of hydrogen-bond donors (Lipinski definition) is 2. The fourth-order valence-corrected chi connectivity index (χ4v) is 5.15. The third-order valence-electron chi connectivity index (χ3n) is 6.32. The van der Waals surface area contributed by atoms with Crippen LogP contribution in [0.15, 0.2) is 18.2 Å². The number of benzene rings is 1. The molecule has 2 aromatic rings. The Morgan fingerprint density at radius 2 is 2.00 bits per heavy atom. The number of rotatable bonds is 7. The van der Waals surface area contributed by atoms with Gasteiger partial charge in [0.2, 0.25) is 5.91 Å². The number of morpholine rings is 1. The van der Waals surface area contributed by atoms with Crippen LogP contribution in [0.3, 0.4) is 0 Å². The molecule has 4 rings (SSSR count). The van der Waals surface area contributed by atoms with Gasteiger partial charge in [-0.15, -0.1) is 0 Å². The lowest BCUT2D eigenvalue weighted by Crippen LogP contribution is -2.39. The first kappa shape index (κ1) is 23.5. The summed E-state index contributed by atoms with van der Waals surface area (Å²) in [6.07, 6.45) is 1.45. The van der Waals surface area contributed by atoms with Gasteiger partial charge in [-0.3, -0.25) is 24.6 Å². The Kier molecular flexibility index (Phi) is 7.52. The smallest absolute Gasteiger partial charge is 0.257 e. The maximum Gasteiger partial charge on any atom is 0.257 e. The zero-order valence-corrected chi connectivity index (χ0v) is 19.9. The van der Waals surface area contributed by atoms with Crippen LogP contribution < -0.4 is 10.6 Å². The molecule has 8 nitrogen and oxygen atoms in total. The number of carbonyl (C=O) groups is 3. The summed E-state index contributed by atoms with van der Waals surface area (Å²) in [5.41, 5.74) is 3.14. The first-order valence-electron chi connectivity index (χ1n) is 11.4. The third-order valence-corrected chi connectivity index (χ3v) is 7.37.